The van der Waals surface area contributed by atoms with Gasteiger partial charge in [-0.25, -0.2) is 4.98 Å². The molecule has 0 aromatic carbocycles. The third kappa shape index (κ3) is 4.10. The Kier molecular flexibility index (Phi) is 5.20. The van der Waals surface area contributed by atoms with Crippen LogP contribution in [-0.2, 0) is 13.5 Å². The average Bonchev–Trinajstić information content (AvgIpc) is 2.76. The van der Waals surface area contributed by atoms with Crippen LogP contribution in [0.3, 0.4) is 0 Å². The second-order valence-corrected chi connectivity index (χ2v) is 5.47. The van der Waals surface area contributed by atoms with E-state index >= 15 is 0 Å². The summed E-state index contributed by atoms with van der Waals surface area (Å²) in [6, 6.07) is 0. The summed E-state index contributed by atoms with van der Waals surface area (Å²) in [6.45, 7) is 1.72. The van der Waals surface area contributed by atoms with Crippen molar-refractivity contribution in [2.45, 2.75) is 44.6 Å². The number of aryl methyl sites for hydroxylation is 1. The lowest BCUT2D eigenvalue weighted by Gasteiger charge is -2.22. The lowest BCUT2D eigenvalue weighted by Crippen LogP contribution is -2.33. The quantitative estimate of drug-likeness (QED) is 0.805. The van der Waals surface area contributed by atoms with Crippen molar-refractivity contribution in [2.75, 3.05) is 13.1 Å². The van der Waals surface area contributed by atoms with Gasteiger partial charge in [0.2, 0.25) is 0 Å². The Hall–Kier alpha value is -0.870. The van der Waals surface area contributed by atoms with Crippen LogP contribution in [0.2, 0.25) is 0 Å². The number of hydrogen-bond donors (Lipinski definition) is 2. The van der Waals surface area contributed by atoms with E-state index in [9.17, 15) is 5.11 Å². The van der Waals surface area contributed by atoms with E-state index in [1.807, 2.05) is 17.8 Å². The number of aliphatic hydroxyl groups is 1. The van der Waals surface area contributed by atoms with E-state index in [1.165, 1.54) is 32.1 Å². The first-order chi connectivity index (χ1) is 8.75. The fraction of sp³-hybridized carbons (Fsp3) is 0.786. The molecule has 18 heavy (non-hydrogen) atoms. The molecule has 1 aliphatic rings. The smallest absolute Gasteiger partial charge is 0.111 e. The second-order valence-electron chi connectivity index (χ2n) is 5.47. The Morgan fingerprint density at radius 1 is 1.44 bits per heavy atom. The molecular weight excluding hydrogens is 226 g/mol. The molecule has 0 radical (unpaired) electrons. The van der Waals surface area contributed by atoms with Crippen molar-refractivity contribution >= 4 is 0 Å². The molecule has 102 valence electrons. The van der Waals surface area contributed by atoms with Gasteiger partial charge >= 0.3 is 0 Å². The molecule has 1 aromatic rings. The minimum absolute atomic E-state index is 0.338. The van der Waals surface area contributed by atoms with Gasteiger partial charge < -0.3 is 15.0 Å². The van der Waals surface area contributed by atoms with Gasteiger partial charge in [0, 0.05) is 32.4 Å². The number of rotatable bonds is 6. The highest BCUT2D eigenvalue weighted by molar-refractivity contribution is 4.93. The van der Waals surface area contributed by atoms with Crippen molar-refractivity contribution in [2.24, 2.45) is 13.0 Å². The van der Waals surface area contributed by atoms with Gasteiger partial charge in [-0.1, -0.05) is 19.3 Å². The Morgan fingerprint density at radius 3 is 2.89 bits per heavy atom. The fourth-order valence-corrected chi connectivity index (χ4v) is 2.72. The van der Waals surface area contributed by atoms with Crippen LogP contribution < -0.4 is 5.32 Å². The maximum Gasteiger partial charge on any atom is 0.111 e. The van der Waals surface area contributed by atoms with E-state index < -0.39 is 0 Å². The molecule has 0 unspecified atom stereocenters. The monoisotopic (exact) mass is 251 g/mol. The van der Waals surface area contributed by atoms with Crippen molar-refractivity contribution in [1.82, 2.24) is 14.9 Å². The molecule has 0 aliphatic heterocycles. The molecule has 2 N–H and O–H groups in total. The minimum Gasteiger partial charge on any atom is -0.391 e. The van der Waals surface area contributed by atoms with Gasteiger partial charge in [-0.2, -0.15) is 0 Å². The molecule has 1 atom stereocenters. The van der Waals surface area contributed by atoms with Crippen LogP contribution in [0.4, 0.5) is 0 Å². The van der Waals surface area contributed by atoms with E-state index in [1.54, 1.807) is 6.20 Å². The van der Waals surface area contributed by atoms with Crippen LogP contribution in [0.5, 0.6) is 0 Å². The topological polar surface area (TPSA) is 50.1 Å². The summed E-state index contributed by atoms with van der Waals surface area (Å²) >= 11 is 0. The van der Waals surface area contributed by atoms with Crippen molar-refractivity contribution in [1.29, 1.82) is 0 Å². The third-order valence-electron chi connectivity index (χ3n) is 3.88. The zero-order chi connectivity index (χ0) is 12.8. The molecule has 1 saturated carbocycles. The summed E-state index contributed by atoms with van der Waals surface area (Å²) in [7, 11) is 1.96. The van der Waals surface area contributed by atoms with E-state index in [2.05, 4.69) is 10.3 Å². The first-order valence-electron chi connectivity index (χ1n) is 7.10. The molecule has 1 aromatic heterocycles. The number of hydrogen-bond acceptors (Lipinski definition) is 3. The van der Waals surface area contributed by atoms with Crippen molar-refractivity contribution in [3.63, 3.8) is 0 Å². The maximum atomic E-state index is 9.96. The second kappa shape index (κ2) is 6.90. The molecule has 0 spiro atoms. The predicted molar refractivity (Wildman–Crippen MR) is 72.4 cm³/mol. The summed E-state index contributed by atoms with van der Waals surface area (Å²) < 4.78 is 1.96. The zero-order valence-corrected chi connectivity index (χ0v) is 11.3. The minimum atomic E-state index is -0.338. The number of imidazole rings is 1. The van der Waals surface area contributed by atoms with Gasteiger partial charge in [0.1, 0.15) is 5.82 Å². The van der Waals surface area contributed by atoms with E-state index in [0.717, 1.165) is 18.3 Å². The molecule has 0 bridgehead atoms. The van der Waals surface area contributed by atoms with Crippen molar-refractivity contribution in [3.05, 3.63) is 18.2 Å². The molecule has 1 aliphatic carbocycles. The van der Waals surface area contributed by atoms with Gasteiger partial charge in [0.05, 0.1) is 6.10 Å². The van der Waals surface area contributed by atoms with Gasteiger partial charge in [-0.3, -0.25) is 0 Å². The van der Waals surface area contributed by atoms with E-state index in [-0.39, 0.29) is 6.10 Å². The van der Waals surface area contributed by atoms with Crippen molar-refractivity contribution < 1.29 is 5.11 Å². The third-order valence-corrected chi connectivity index (χ3v) is 3.88. The zero-order valence-electron chi connectivity index (χ0n) is 11.3. The Bertz CT molecular complexity index is 345. The van der Waals surface area contributed by atoms with Gasteiger partial charge in [0.25, 0.3) is 0 Å². The highest BCUT2D eigenvalue weighted by atomic mass is 16.3. The van der Waals surface area contributed by atoms with Crippen molar-refractivity contribution in [3.8, 4) is 0 Å². The van der Waals surface area contributed by atoms with Gasteiger partial charge in [-0.15, -0.1) is 0 Å². The van der Waals surface area contributed by atoms with Crippen LogP contribution in [0.25, 0.3) is 0 Å². The maximum absolute atomic E-state index is 9.96. The van der Waals surface area contributed by atoms with Crippen LogP contribution in [-0.4, -0.2) is 33.9 Å². The molecule has 4 nitrogen and oxygen atoms in total. The Balaban J connectivity index is 1.62. The Morgan fingerprint density at radius 2 is 2.22 bits per heavy atom. The number of nitrogens with zero attached hydrogens (tertiary/aromatic N) is 2. The largest absolute Gasteiger partial charge is 0.391 e. The van der Waals surface area contributed by atoms with Crippen LogP contribution in [0, 0.1) is 5.92 Å². The summed E-state index contributed by atoms with van der Waals surface area (Å²) in [5, 5.41) is 13.4. The molecule has 0 saturated heterocycles. The summed E-state index contributed by atoms with van der Waals surface area (Å²) in [4.78, 5) is 4.23. The molecule has 2 rings (SSSR count). The van der Waals surface area contributed by atoms with Gasteiger partial charge in [0.15, 0.2) is 0 Å². The highest BCUT2D eigenvalue weighted by Gasteiger charge is 2.14. The number of aromatic nitrogens is 2. The van der Waals surface area contributed by atoms with Gasteiger partial charge in [-0.05, 0) is 25.3 Å². The molecule has 1 fully saturated rings. The Labute approximate surface area is 109 Å². The lowest BCUT2D eigenvalue weighted by molar-refractivity contribution is 0.165. The highest BCUT2D eigenvalue weighted by Crippen LogP contribution is 2.22. The SMILES string of the molecule is Cn1ccnc1C[C@@H](O)CNCC1CCCCC1. The standard InChI is InChI=1S/C14H25N3O/c1-17-8-7-16-14(17)9-13(18)11-15-10-12-5-3-2-4-6-12/h7-8,12-13,15,18H,2-6,9-11H2,1H3/t13-/m1/s1. The number of aliphatic hydroxyl groups excluding tert-OH is 1. The molecule has 0 amide bonds. The fourth-order valence-electron chi connectivity index (χ4n) is 2.72. The summed E-state index contributed by atoms with van der Waals surface area (Å²) in [6.07, 6.45) is 10.8. The normalized spacial score (nSPS) is 19.0. The summed E-state index contributed by atoms with van der Waals surface area (Å²) in [5.74, 6) is 1.76. The van der Waals surface area contributed by atoms with Crippen LogP contribution in [0.15, 0.2) is 12.4 Å². The lowest BCUT2D eigenvalue weighted by atomic mass is 9.89. The van der Waals surface area contributed by atoms with E-state index in [4.69, 9.17) is 0 Å². The average molecular weight is 251 g/mol. The first kappa shape index (κ1) is 13.6. The van der Waals surface area contributed by atoms with E-state index in [0.29, 0.717) is 13.0 Å². The number of nitrogens with one attached hydrogen (secondary N) is 1. The summed E-state index contributed by atoms with van der Waals surface area (Å²) in [5.41, 5.74) is 0. The molecule has 4 heteroatoms. The molecule has 1 heterocycles. The van der Waals surface area contributed by atoms with Crippen LogP contribution >= 0.6 is 0 Å². The first-order valence-corrected chi connectivity index (χ1v) is 7.10. The molecular formula is C14H25N3O. The van der Waals surface area contributed by atoms with Crippen LogP contribution in [0.1, 0.15) is 37.9 Å². The predicted octanol–water partition coefficient (Wildman–Crippen LogP) is 1.49.